The zero-order valence-electron chi connectivity index (χ0n) is 24.3. The van der Waals surface area contributed by atoms with E-state index in [2.05, 4.69) is 14.5 Å². The molecule has 0 amide bonds. The molecule has 0 fully saturated rings. The molecule has 0 unspecified atom stereocenters. The molecule has 0 aliphatic heterocycles. The Labute approximate surface area is 265 Å². The first-order chi connectivity index (χ1) is 21.9. The van der Waals surface area contributed by atoms with Crippen LogP contribution in [0, 0.1) is 0 Å². The van der Waals surface area contributed by atoms with Gasteiger partial charge in [0.1, 0.15) is 11.8 Å². The van der Waals surface area contributed by atoms with Gasteiger partial charge in [-0.15, -0.1) is 0 Å². The van der Waals surface area contributed by atoms with Crippen molar-refractivity contribution in [1.29, 1.82) is 0 Å². The van der Waals surface area contributed by atoms with Crippen molar-refractivity contribution < 1.29 is 65.2 Å². The summed E-state index contributed by atoms with van der Waals surface area (Å²) in [4.78, 5) is 62.2. The standard InChI is InChI=1S/C27H30F3N5O11S/c28-27(29,30)25(42)46-24(41)20(14-22(38)39)35(13-3-1-2-4-21(36)37)47(43,44)33-15-16-5-11-19(12-6-16)45-23(40)17-7-9-18(10-8-17)34-26(31)32/h5-12,20,33H,1-4,13-15H2,(H,36,37)(H,38,39)(H4,31,32,34)/t20-/m0/s1. The number of nitrogens with zero attached hydrogens (tertiary/aromatic N) is 2. The zero-order valence-corrected chi connectivity index (χ0v) is 25.1. The number of hydrogen-bond donors (Lipinski definition) is 5. The molecular weight excluding hydrogens is 659 g/mol. The quantitative estimate of drug-likeness (QED) is 0.0395. The second kappa shape index (κ2) is 17.0. The van der Waals surface area contributed by atoms with Crippen LogP contribution in [0.2, 0.25) is 0 Å². The fourth-order valence-electron chi connectivity index (χ4n) is 3.77. The predicted octanol–water partition coefficient (Wildman–Crippen LogP) is 1.57. The van der Waals surface area contributed by atoms with Crippen molar-refractivity contribution in [3.8, 4) is 5.75 Å². The highest BCUT2D eigenvalue weighted by atomic mass is 32.2. The van der Waals surface area contributed by atoms with Gasteiger partial charge in [-0.25, -0.2) is 19.4 Å². The number of aliphatic imine (C=N–C) groups is 1. The Hall–Kier alpha value is -5.08. The number of benzene rings is 2. The number of carboxylic acid groups (broad SMARTS) is 2. The van der Waals surface area contributed by atoms with Crippen LogP contribution in [0.3, 0.4) is 0 Å². The number of aliphatic carboxylic acids is 2. The lowest BCUT2D eigenvalue weighted by Crippen LogP contribution is -2.52. The molecule has 0 heterocycles. The van der Waals surface area contributed by atoms with Crippen LogP contribution in [0.1, 0.15) is 48.0 Å². The summed E-state index contributed by atoms with van der Waals surface area (Å²) in [5.41, 5.74) is 11.4. The highest BCUT2D eigenvalue weighted by Gasteiger charge is 2.45. The van der Waals surface area contributed by atoms with Gasteiger partial charge in [0.2, 0.25) is 0 Å². The van der Waals surface area contributed by atoms with Crippen molar-refractivity contribution in [2.75, 3.05) is 6.54 Å². The average molecular weight is 690 g/mol. The van der Waals surface area contributed by atoms with Crippen molar-refractivity contribution in [3.63, 3.8) is 0 Å². The number of esters is 3. The number of rotatable bonds is 17. The third kappa shape index (κ3) is 13.0. The first-order valence-electron chi connectivity index (χ1n) is 13.4. The topological polar surface area (TPSA) is 258 Å². The number of nitrogens with one attached hydrogen (secondary N) is 1. The minimum atomic E-state index is -5.64. The van der Waals surface area contributed by atoms with Crippen molar-refractivity contribution in [2.24, 2.45) is 16.5 Å². The number of guanidine groups is 1. The molecule has 16 nitrogen and oxygen atoms in total. The van der Waals surface area contributed by atoms with Crippen LogP contribution in [0.25, 0.3) is 0 Å². The first-order valence-corrected chi connectivity index (χ1v) is 14.9. The largest absolute Gasteiger partial charge is 0.491 e. The molecule has 1 atom stereocenters. The van der Waals surface area contributed by atoms with Crippen molar-refractivity contribution in [1.82, 2.24) is 9.03 Å². The molecule has 0 radical (unpaired) electrons. The lowest BCUT2D eigenvalue weighted by Gasteiger charge is -2.28. The van der Waals surface area contributed by atoms with Gasteiger partial charge in [-0.05, 0) is 54.8 Å². The maximum Gasteiger partial charge on any atom is 0.491 e. The van der Waals surface area contributed by atoms with E-state index in [1.807, 2.05) is 0 Å². The summed E-state index contributed by atoms with van der Waals surface area (Å²) < 4.78 is 75.9. The highest BCUT2D eigenvalue weighted by Crippen LogP contribution is 2.21. The van der Waals surface area contributed by atoms with E-state index in [1.54, 1.807) is 0 Å². The molecule has 0 aliphatic carbocycles. The number of alkyl halides is 3. The summed E-state index contributed by atoms with van der Waals surface area (Å²) >= 11 is 0. The molecule has 256 valence electrons. The third-order valence-corrected chi connectivity index (χ3v) is 7.51. The number of carbonyl (C=O) groups is 5. The van der Waals surface area contributed by atoms with E-state index >= 15 is 0 Å². The molecule has 0 spiro atoms. The Bertz CT molecular complexity index is 1580. The first kappa shape index (κ1) is 38.1. The summed E-state index contributed by atoms with van der Waals surface area (Å²) in [6.45, 7) is -1.14. The Morgan fingerprint density at radius 3 is 2.06 bits per heavy atom. The van der Waals surface area contributed by atoms with Gasteiger partial charge in [-0.1, -0.05) is 18.6 Å². The summed E-state index contributed by atoms with van der Waals surface area (Å²) in [6, 6.07) is 8.73. The minimum Gasteiger partial charge on any atom is -0.481 e. The van der Waals surface area contributed by atoms with Gasteiger partial charge in [-0.2, -0.15) is 30.6 Å². The summed E-state index contributed by atoms with van der Waals surface area (Å²) in [5.74, 6) is -8.86. The number of unbranched alkanes of at least 4 members (excludes halogenated alkanes) is 2. The molecule has 0 saturated heterocycles. The molecule has 2 rings (SSSR count). The van der Waals surface area contributed by atoms with Crippen molar-refractivity contribution in [2.45, 2.75) is 50.9 Å². The monoisotopic (exact) mass is 689 g/mol. The Kier molecular flexibility index (Phi) is 13.8. The van der Waals surface area contributed by atoms with Crippen molar-refractivity contribution in [3.05, 3.63) is 59.7 Å². The number of halogens is 3. The summed E-state index contributed by atoms with van der Waals surface area (Å²) in [6.07, 6.45) is -7.28. The number of ether oxygens (including phenoxy) is 2. The number of carbonyl (C=O) groups excluding carboxylic acids is 3. The zero-order chi connectivity index (χ0) is 35.4. The van der Waals surface area contributed by atoms with Gasteiger partial charge in [0.15, 0.2) is 5.96 Å². The van der Waals surface area contributed by atoms with Crippen LogP contribution >= 0.6 is 0 Å². The molecule has 0 aliphatic rings. The highest BCUT2D eigenvalue weighted by molar-refractivity contribution is 7.87. The lowest BCUT2D eigenvalue weighted by atomic mass is 10.1. The fraction of sp³-hybridized carbons (Fsp3) is 0.333. The molecule has 7 N–H and O–H groups in total. The van der Waals surface area contributed by atoms with Crippen LogP contribution < -0.4 is 20.9 Å². The normalized spacial score (nSPS) is 12.2. The van der Waals surface area contributed by atoms with Gasteiger partial charge >= 0.3 is 36.0 Å². The van der Waals surface area contributed by atoms with E-state index in [0.717, 1.165) is 0 Å². The second-order valence-electron chi connectivity index (χ2n) is 9.58. The number of hydrogen-bond acceptors (Lipinski definition) is 10. The van der Waals surface area contributed by atoms with Crippen LogP contribution in [-0.4, -0.2) is 77.5 Å². The molecule has 20 heteroatoms. The average Bonchev–Trinajstić information content (AvgIpc) is 2.96. The van der Waals surface area contributed by atoms with E-state index in [0.29, 0.717) is 5.69 Å². The molecule has 0 saturated carbocycles. The molecule has 0 bridgehead atoms. The van der Waals surface area contributed by atoms with Crippen LogP contribution in [0.15, 0.2) is 53.5 Å². The van der Waals surface area contributed by atoms with Gasteiger partial charge < -0.3 is 31.2 Å². The van der Waals surface area contributed by atoms with Crippen LogP contribution in [0.5, 0.6) is 5.75 Å². The van der Waals surface area contributed by atoms with E-state index in [-0.39, 0.29) is 52.8 Å². The van der Waals surface area contributed by atoms with Gasteiger partial charge in [-0.3, -0.25) is 9.59 Å². The van der Waals surface area contributed by atoms with Crippen LogP contribution in [-0.2, 0) is 40.7 Å². The molecule has 2 aromatic carbocycles. The summed E-state index contributed by atoms with van der Waals surface area (Å²) in [5, 5.41) is 18.0. The van der Waals surface area contributed by atoms with Crippen LogP contribution in [0.4, 0.5) is 18.9 Å². The fourth-order valence-corrected chi connectivity index (χ4v) is 5.15. The number of nitrogens with two attached hydrogens (primary N) is 2. The molecule has 47 heavy (non-hydrogen) atoms. The maximum absolute atomic E-state index is 13.3. The van der Waals surface area contributed by atoms with Crippen molar-refractivity contribution >= 4 is 51.7 Å². The Morgan fingerprint density at radius 1 is 0.915 bits per heavy atom. The molecule has 0 aromatic heterocycles. The van der Waals surface area contributed by atoms with E-state index in [4.69, 9.17) is 21.3 Å². The van der Waals surface area contributed by atoms with E-state index < -0.39 is 71.8 Å². The Morgan fingerprint density at radius 2 is 1.53 bits per heavy atom. The Balaban J connectivity index is 2.20. The van der Waals surface area contributed by atoms with E-state index in [9.17, 15) is 50.7 Å². The third-order valence-electron chi connectivity index (χ3n) is 5.94. The SMILES string of the molecule is NC(N)=Nc1ccc(C(=O)Oc2ccc(CNS(=O)(=O)N(CCCCCC(=O)O)[C@@H](CC(=O)O)C(=O)OC(=O)C(F)(F)F)cc2)cc1. The van der Waals surface area contributed by atoms with Gasteiger partial charge in [0, 0.05) is 19.5 Å². The van der Waals surface area contributed by atoms with Gasteiger partial charge in [0.25, 0.3) is 10.2 Å². The number of carboxylic acids is 2. The smallest absolute Gasteiger partial charge is 0.481 e. The lowest BCUT2D eigenvalue weighted by molar-refractivity contribution is -0.203. The van der Waals surface area contributed by atoms with Gasteiger partial charge in [0.05, 0.1) is 17.7 Å². The maximum atomic E-state index is 13.3. The summed E-state index contributed by atoms with van der Waals surface area (Å²) in [7, 11) is -4.86. The predicted molar refractivity (Wildman–Crippen MR) is 155 cm³/mol. The van der Waals surface area contributed by atoms with E-state index in [1.165, 1.54) is 48.5 Å². The second-order valence-corrected chi connectivity index (χ2v) is 11.3. The molecule has 2 aromatic rings. The molecular formula is C27H30F3N5O11S. The minimum absolute atomic E-state index is 0.0662.